The molecule has 0 saturated heterocycles. The SMILES string of the molecule is CC(CO)[C@@H](C(=N)CN(C)C)[C@H](C)[C@@H](C)N. The molecule has 96 valence electrons. The first-order chi connectivity index (χ1) is 7.31. The molecule has 0 heterocycles. The molecule has 4 atom stereocenters. The molecule has 0 spiro atoms. The normalized spacial score (nSPS) is 19.2. The largest absolute Gasteiger partial charge is 0.396 e. The van der Waals surface area contributed by atoms with Gasteiger partial charge in [0, 0.05) is 30.8 Å². The molecular formula is C12H27N3O. The minimum atomic E-state index is 0.0431. The van der Waals surface area contributed by atoms with Crippen LogP contribution in [0.5, 0.6) is 0 Å². The summed E-state index contributed by atoms with van der Waals surface area (Å²) in [6.07, 6.45) is 0. The lowest BCUT2D eigenvalue weighted by atomic mass is 9.77. The van der Waals surface area contributed by atoms with Crippen molar-refractivity contribution >= 4 is 5.71 Å². The van der Waals surface area contributed by atoms with Gasteiger partial charge in [-0.3, -0.25) is 0 Å². The smallest absolute Gasteiger partial charge is 0.0463 e. The lowest BCUT2D eigenvalue weighted by Crippen LogP contribution is -2.41. The summed E-state index contributed by atoms with van der Waals surface area (Å²) in [6, 6.07) is 0.0431. The van der Waals surface area contributed by atoms with Crippen LogP contribution in [0.15, 0.2) is 0 Å². The Labute approximate surface area is 99.3 Å². The first-order valence-electron chi connectivity index (χ1n) is 5.89. The van der Waals surface area contributed by atoms with Gasteiger partial charge in [0.25, 0.3) is 0 Å². The molecule has 16 heavy (non-hydrogen) atoms. The molecule has 0 aromatic rings. The Balaban J connectivity index is 4.73. The van der Waals surface area contributed by atoms with Crippen molar-refractivity contribution in [2.24, 2.45) is 23.5 Å². The van der Waals surface area contributed by atoms with Crippen LogP contribution >= 0.6 is 0 Å². The molecular weight excluding hydrogens is 202 g/mol. The van der Waals surface area contributed by atoms with E-state index < -0.39 is 0 Å². The summed E-state index contributed by atoms with van der Waals surface area (Å²) in [5.74, 6) is 0.371. The Morgan fingerprint density at radius 2 is 1.81 bits per heavy atom. The minimum Gasteiger partial charge on any atom is -0.396 e. The number of aliphatic hydroxyl groups excluding tert-OH is 1. The summed E-state index contributed by atoms with van der Waals surface area (Å²) in [4.78, 5) is 1.98. The average Bonchev–Trinajstić information content (AvgIpc) is 2.16. The molecule has 0 aromatic heterocycles. The number of hydrogen-bond donors (Lipinski definition) is 3. The predicted molar refractivity (Wildman–Crippen MR) is 68.8 cm³/mol. The van der Waals surface area contributed by atoms with Crippen LogP contribution in [0.25, 0.3) is 0 Å². The molecule has 0 rings (SSSR count). The van der Waals surface area contributed by atoms with E-state index in [1.165, 1.54) is 0 Å². The zero-order valence-corrected chi connectivity index (χ0v) is 11.2. The summed E-state index contributed by atoms with van der Waals surface area (Å²) in [7, 11) is 3.90. The third-order valence-corrected chi connectivity index (χ3v) is 3.19. The van der Waals surface area contributed by atoms with E-state index >= 15 is 0 Å². The Morgan fingerprint density at radius 3 is 2.12 bits per heavy atom. The third kappa shape index (κ3) is 4.60. The van der Waals surface area contributed by atoms with Crippen LogP contribution in [-0.2, 0) is 0 Å². The zero-order valence-electron chi connectivity index (χ0n) is 11.2. The van der Waals surface area contributed by atoms with Gasteiger partial charge in [-0.05, 0) is 32.9 Å². The van der Waals surface area contributed by atoms with E-state index in [1.54, 1.807) is 0 Å². The highest BCUT2D eigenvalue weighted by Crippen LogP contribution is 2.24. The van der Waals surface area contributed by atoms with Gasteiger partial charge >= 0.3 is 0 Å². The maximum absolute atomic E-state index is 9.27. The maximum Gasteiger partial charge on any atom is 0.0463 e. The topological polar surface area (TPSA) is 73.3 Å². The van der Waals surface area contributed by atoms with Crippen molar-refractivity contribution in [2.45, 2.75) is 26.8 Å². The lowest BCUT2D eigenvalue weighted by molar-refractivity contribution is 0.178. The van der Waals surface area contributed by atoms with Gasteiger partial charge in [0.15, 0.2) is 0 Å². The van der Waals surface area contributed by atoms with Gasteiger partial charge in [-0.2, -0.15) is 0 Å². The van der Waals surface area contributed by atoms with Crippen molar-refractivity contribution < 1.29 is 5.11 Å². The minimum absolute atomic E-state index is 0.0431. The van der Waals surface area contributed by atoms with E-state index in [0.717, 1.165) is 0 Å². The number of nitrogens with two attached hydrogens (primary N) is 1. The highest BCUT2D eigenvalue weighted by Gasteiger charge is 2.29. The van der Waals surface area contributed by atoms with Crippen LogP contribution in [-0.4, -0.2) is 49.0 Å². The first-order valence-corrected chi connectivity index (χ1v) is 5.89. The standard InChI is InChI=1S/C12H27N3O/c1-8(7-16)12(9(2)10(3)13)11(14)6-15(4)5/h8-10,12,14,16H,6-7,13H2,1-5H3/t8?,9-,10-,12-/m1/s1. The summed E-state index contributed by atoms with van der Waals surface area (Å²) in [5, 5.41) is 17.4. The Bertz CT molecular complexity index is 216. The second kappa shape index (κ2) is 6.99. The number of rotatable bonds is 7. The fraction of sp³-hybridized carbons (Fsp3) is 0.917. The molecule has 0 fully saturated rings. The molecule has 0 aliphatic carbocycles. The molecule has 0 amide bonds. The summed E-state index contributed by atoms with van der Waals surface area (Å²) in [6.45, 7) is 6.74. The monoisotopic (exact) mass is 229 g/mol. The van der Waals surface area contributed by atoms with E-state index in [9.17, 15) is 5.11 Å². The number of nitrogens with zero attached hydrogens (tertiary/aromatic N) is 1. The summed E-state index contributed by atoms with van der Waals surface area (Å²) >= 11 is 0. The van der Waals surface area contributed by atoms with Gasteiger partial charge in [0.05, 0.1) is 0 Å². The van der Waals surface area contributed by atoms with Crippen LogP contribution in [0.1, 0.15) is 20.8 Å². The van der Waals surface area contributed by atoms with Crippen molar-refractivity contribution in [1.29, 1.82) is 5.41 Å². The second-order valence-electron chi connectivity index (χ2n) is 5.17. The van der Waals surface area contributed by atoms with Crippen LogP contribution in [0, 0.1) is 23.2 Å². The van der Waals surface area contributed by atoms with Crippen LogP contribution < -0.4 is 5.73 Å². The quantitative estimate of drug-likeness (QED) is 0.565. The van der Waals surface area contributed by atoms with E-state index in [2.05, 4.69) is 6.92 Å². The average molecular weight is 229 g/mol. The fourth-order valence-corrected chi connectivity index (χ4v) is 2.07. The molecule has 4 N–H and O–H groups in total. The predicted octanol–water partition coefficient (Wildman–Crippen LogP) is 0.796. The number of nitrogens with one attached hydrogen (secondary N) is 1. The second-order valence-corrected chi connectivity index (χ2v) is 5.17. The van der Waals surface area contributed by atoms with Gasteiger partial charge < -0.3 is 21.1 Å². The van der Waals surface area contributed by atoms with Gasteiger partial charge in [-0.25, -0.2) is 0 Å². The summed E-state index contributed by atoms with van der Waals surface area (Å²) < 4.78 is 0. The van der Waals surface area contributed by atoms with E-state index in [1.807, 2.05) is 32.8 Å². The highest BCUT2D eigenvalue weighted by atomic mass is 16.3. The maximum atomic E-state index is 9.27. The van der Waals surface area contributed by atoms with Crippen molar-refractivity contribution in [1.82, 2.24) is 4.90 Å². The molecule has 1 unspecified atom stereocenters. The lowest BCUT2D eigenvalue weighted by Gasteiger charge is -2.32. The van der Waals surface area contributed by atoms with E-state index in [0.29, 0.717) is 12.3 Å². The Kier molecular flexibility index (Phi) is 6.79. The Hall–Kier alpha value is -0.450. The van der Waals surface area contributed by atoms with E-state index in [4.69, 9.17) is 11.1 Å². The fourth-order valence-electron chi connectivity index (χ4n) is 2.07. The van der Waals surface area contributed by atoms with Gasteiger partial charge in [-0.15, -0.1) is 0 Å². The van der Waals surface area contributed by atoms with Crippen molar-refractivity contribution in [3.05, 3.63) is 0 Å². The van der Waals surface area contributed by atoms with Crippen LogP contribution in [0.2, 0.25) is 0 Å². The van der Waals surface area contributed by atoms with Crippen molar-refractivity contribution in [2.75, 3.05) is 27.2 Å². The highest BCUT2D eigenvalue weighted by molar-refractivity contribution is 5.86. The van der Waals surface area contributed by atoms with Gasteiger partial charge in [-0.1, -0.05) is 13.8 Å². The molecule has 0 saturated carbocycles. The third-order valence-electron chi connectivity index (χ3n) is 3.19. The zero-order chi connectivity index (χ0) is 12.9. The molecule has 4 heteroatoms. The first kappa shape index (κ1) is 15.6. The summed E-state index contributed by atoms with van der Waals surface area (Å²) in [5.41, 5.74) is 6.57. The van der Waals surface area contributed by atoms with Crippen molar-refractivity contribution in [3.8, 4) is 0 Å². The van der Waals surface area contributed by atoms with Crippen LogP contribution in [0.3, 0.4) is 0 Å². The molecule has 0 bridgehead atoms. The number of aliphatic hydroxyl groups is 1. The van der Waals surface area contributed by atoms with Gasteiger partial charge in [0.2, 0.25) is 0 Å². The molecule has 0 radical (unpaired) electrons. The number of hydrogen-bond acceptors (Lipinski definition) is 4. The molecule has 0 aromatic carbocycles. The van der Waals surface area contributed by atoms with Crippen molar-refractivity contribution in [3.63, 3.8) is 0 Å². The Morgan fingerprint density at radius 1 is 1.31 bits per heavy atom. The van der Waals surface area contributed by atoms with E-state index in [-0.39, 0.29) is 30.4 Å². The van der Waals surface area contributed by atoms with Gasteiger partial charge in [0.1, 0.15) is 0 Å². The molecule has 0 aliphatic rings. The molecule has 0 aliphatic heterocycles. The molecule has 4 nitrogen and oxygen atoms in total. The van der Waals surface area contributed by atoms with Crippen LogP contribution in [0.4, 0.5) is 0 Å².